The average Bonchev–Trinajstić information content (AvgIpc) is 3.04. The van der Waals surface area contributed by atoms with Crippen molar-refractivity contribution in [1.82, 2.24) is 9.80 Å². The molecule has 2 nitrogen and oxygen atoms in total. The van der Waals surface area contributed by atoms with E-state index in [1.54, 1.807) is 0 Å². The predicted molar refractivity (Wildman–Crippen MR) is 84.9 cm³/mol. The van der Waals surface area contributed by atoms with Crippen molar-refractivity contribution < 1.29 is 0 Å². The van der Waals surface area contributed by atoms with Gasteiger partial charge in [-0.05, 0) is 44.4 Å². The molecule has 0 amide bonds. The lowest BCUT2D eigenvalue weighted by Gasteiger charge is -2.49. The van der Waals surface area contributed by atoms with Crippen molar-refractivity contribution in [3.05, 3.63) is 0 Å². The Hall–Kier alpha value is 0.270. The van der Waals surface area contributed by atoms with Crippen molar-refractivity contribution >= 4 is 11.8 Å². The summed E-state index contributed by atoms with van der Waals surface area (Å²) in [5.41, 5.74) is 0. The van der Waals surface area contributed by atoms with E-state index in [2.05, 4.69) is 41.7 Å². The Balaban J connectivity index is 1.76. The molecule has 0 aromatic carbocycles. The predicted octanol–water partition coefficient (Wildman–Crippen LogP) is 3.08. The summed E-state index contributed by atoms with van der Waals surface area (Å²) in [4.78, 5) is 5.72. The van der Waals surface area contributed by atoms with Crippen LogP contribution in [0.4, 0.5) is 0 Å². The molecule has 3 fully saturated rings. The number of nitrogens with zero attached hydrogens (tertiary/aromatic N) is 2. The molecule has 3 heteroatoms. The zero-order chi connectivity index (χ0) is 13.4. The summed E-state index contributed by atoms with van der Waals surface area (Å²) in [7, 11) is 0. The van der Waals surface area contributed by atoms with Crippen molar-refractivity contribution in [3.8, 4) is 0 Å². The number of thioether (sulfide) groups is 1. The van der Waals surface area contributed by atoms with Gasteiger partial charge in [-0.15, -0.1) is 0 Å². The fraction of sp³-hybridized carbons (Fsp3) is 1.00. The lowest BCUT2D eigenvalue weighted by atomic mass is 9.95. The van der Waals surface area contributed by atoms with Crippen LogP contribution in [0.3, 0.4) is 0 Å². The largest absolute Gasteiger partial charge is 0.298 e. The lowest BCUT2D eigenvalue weighted by molar-refractivity contribution is 0.00315. The molecule has 0 aromatic heterocycles. The van der Waals surface area contributed by atoms with Crippen LogP contribution in [0.15, 0.2) is 0 Å². The molecule has 1 saturated carbocycles. The van der Waals surface area contributed by atoms with E-state index in [0.717, 1.165) is 29.3 Å². The summed E-state index contributed by atoms with van der Waals surface area (Å²) < 4.78 is 0. The fourth-order valence-corrected chi connectivity index (χ4v) is 5.61. The second kappa shape index (κ2) is 5.95. The van der Waals surface area contributed by atoms with E-state index < -0.39 is 0 Å². The van der Waals surface area contributed by atoms with Gasteiger partial charge in [-0.2, -0.15) is 11.8 Å². The van der Waals surface area contributed by atoms with Crippen LogP contribution in [0.1, 0.15) is 46.0 Å². The van der Waals surface area contributed by atoms with Gasteiger partial charge in [0, 0.05) is 36.5 Å². The van der Waals surface area contributed by atoms with E-state index in [1.165, 1.54) is 51.7 Å². The summed E-state index contributed by atoms with van der Waals surface area (Å²) in [6.07, 6.45) is 9.53. The second-order valence-electron chi connectivity index (χ2n) is 7.07. The monoisotopic (exact) mass is 282 g/mol. The van der Waals surface area contributed by atoms with Crippen molar-refractivity contribution in [2.24, 2.45) is 5.92 Å². The zero-order valence-corrected chi connectivity index (χ0v) is 13.7. The molecule has 2 heterocycles. The van der Waals surface area contributed by atoms with Crippen LogP contribution >= 0.6 is 11.8 Å². The molecular weight excluding hydrogens is 252 g/mol. The Bertz CT molecular complexity index is 307. The fourth-order valence-electron chi connectivity index (χ4n) is 4.60. The van der Waals surface area contributed by atoms with E-state index in [1.807, 2.05) is 0 Å². The third kappa shape index (κ3) is 2.71. The standard InChI is InChI=1S/C16H30N2S/c1-12(2)15-11-17-9-5-6-13(17)10-18(15)14-7-4-8-16(14)19-3/h12-16H,4-11H2,1-3H3. The average molecular weight is 282 g/mol. The molecule has 110 valence electrons. The summed E-state index contributed by atoms with van der Waals surface area (Å²) in [6.45, 7) is 8.90. The van der Waals surface area contributed by atoms with Crippen LogP contribution in [-0.2, 0) is 0 Å². The summed E-state index contributed by atoms with van der Waals surface area (Å²) >= 11 is 2.12. The Labute approximate surface area is 123 Å². The van der Waals surface area contributed by atoms with E-state index in [0.29, 0.717) is 0 Å². The van der Waals surface area contributed by atoms with Gasteiger partial charge < -0.3 is 0 Å². The highest BCUT2D eigenvalue weighted by Gasteiger charge is 2.43. The van der Waals surface area contributed by atoms with Gasteiger partial charge in [0.2, 0.25) is 0 Å². The molecule has 0 N–H and O–H groups in total. The summed E-state index contributed by atoms with van der Waals surface area (Å²) in [6, 6.07) is 2.54. The highest BCUT2D eigenvalue weighted by atomic mass is 32.2. The number of hydrogen-bond donors (Lipinski definition) is 0. The lowest BCUT2D eigenvalue weighted by Crippen LogP contribution is -2.61. The molecule has 19 heavy (non-hydrogen) atoms. The number of hydrogen-bond acceptors (Lipinski definition) is 3. The van der Waals surface area contributed by atoms with Crippen molar-refractivity contribution in [3.63, 3.8) is 0 Å². The van der Waals surface area contributed by atoms with Crippen LogP contribution in [0, 0.1) is 5.92 Å². The van der Waals surface area contributed by atoms with E-state index >= 15 is 0 Å². The van der Waals surface area contributed by atoms with Gasteiger partial charge >= 0.3 is 0 Å². The number of fused-ring (bicyclic) bond motifs is 1. The van der Waals surface area contributed by atoms with Gasteiger partial charge in [0.05, 0.1) is 0 Å². The number of piperazine rings is 1. The Morgan fingerprint density at radius 3 is 2.63 bits per heavy atom. The molecule has 2 saturated heterocycles. The van der Waals surface area contributed by atoms with Gasteiger partial charge in [-0.25, -0.2) is 0 Å². The van der Waals surface area contributed by atoms with Crippen molar-refractivity contribution in [2.45, 2.75) is 69.3 Å². The molecular formula is C16H30N2S. The van der Waals surface area contributed by atoms with Crippen LogP contribution < -0.4 is 0 Å². The van der Waals surface area contributed by atoms with E-state index in [4.69, 9.17) is 0 Å². The SMILES string of the molecule is CSC1CCCC1N1CC2CCCN2CC1C(C)C. The topological polar surface area (TPSA) is 6.48 Å². The molecule has 0 aromatic rings. The quantitative estimate of drug-likeness (QED) is 0.785. The molecule has 2 aliphatic heterocycles. The van der Waals surface area contributed by atoms with Crippen molar-refractivity contribution in [1.29, 1.82) is 0 Å². The first-order valence-electron chi connectivity index (χ1n) is 8.23. The molecule has 0 radical (unpaired) electrons. The smallest absolute Gasteiger partial charge is 0.0250 e. The van der Waals surface area contributed by atoms with Crippen LogP contribution in [-0.4, -0.2) is 59.1 Å². The first-order valence-corrected chi connectivity index (χ1v) is 9.52. The summed E-state index contributed by atoms with van der Waals surface area (Å²) in [5.74, 6) is 0.796. The second-order valence-corrected chi connectivity index (χ2v) is 8.15. The molecule has 3 aliphatic rings. The van der Waals surface area contributed by atoms with E-state index in [-0.39, 0.29) is 0 Å². The number of rotatable bonds is 3. The Morgan fingerprint density at radius 2 is 1.89 bits per heavy atom. The van der Waals surface area contributed by atoms with Gasteiger partial charge in [0.15, 0.2) is 0 Å². The maximum atomic E-state index is 2.94. The van der Waals surface area contributed by atoms with Gasteiger partial charge in [0.1, 0.15) is 0 Å². The van der Waals surface area contributed by atoms with E-state index in [9.17, 15) is 0 Å². The molecule has 4 unspecified atom stereocenters. The molecule has 3 rings (SSSR count). The van der Waals surface area contributed by atoms with Gasteiger partial charge in [-0.3, -0.25) is 9.80 Å². The van der Waals surface area contributed by atoms with Gasteiger partial charge in [-0.1, -0.05) is 20.3 Å². The normalized spacial score (nSPS) is 41.1. The maximum Gasteiger partial charge on any atom is 0.0250 e. The molecule has 4 atom stereocenters. The minimum absolute atomic E-state index is 0.796. The molecule has 0 bridgehead atoms. The first kappa shape index (κ1) is 14.2. The highest BCUT2D eigenvalue weighted by molar-refractivity contribution is 7.99. The van der Waals surface area contributed by atoms with Crippen LogP contribution in [0.5, 0.6) is 0 Å². The van der Waals surface area contributed by atoms with Gasteiger partial charge in [0.25, 0.3) is 0 Å². The minimum atomic E-state index is 0.796. The molecule has 1 aliphatic carbocycles. The van der Waals surface area contributed by atoms with Crippen LogP contribution in [0.2, 0.25) is 0 Å². The third-order valence-electron chi connectivity index (χ3n) is 5.68. The highest BCUT2D eigenvalue weighted by Crippen LogP contribution is 2.37. The van der Waals surface area contributed by atoms with Crippen LogP contribution in [0.25, 0.3) is 0 Å². The maximum absolute atomic E-state index is 2.94. The minimum Gasteiger partial charge on any atom is -0.298 e. The first-order chi connectivity index (χ1) is 9.20. The Morgan fingerprint density at radius 1 is 1.05 bits per heavy atom. The zero-order valence-electron chi connectivity index (χ0n) is 12.8. The van der Waals surface area contributed by atoms with Crippen molar-refractivity contribution in [2.75, 3.05) is 25.9 Å². The Kier molecular flexibility index (Phi) is 4.45. The third-order valence-corrected chi connectivity index (χ3v) is 6.84. The summed E-state index contributed by atoms with van der Waals surface area (Å²) in [5, 5.41) is 0.897. The molecule has 0 spiro atoms.